The van der Waals surface area contributed by atoms with Gasteiger partial charge >= 0.3 is 6.03 Å². The van der Waals surface area contributed by atoms with Crippen LogP contribution in [0.4, 0.5) is 14.9 Å². The zero-order valence-corrected chi connectivity index (χ0v) is 14.6. The van der Waals surface area contributed by atoms with Crippen LogP contribution in [0.3, 0.4) is 0 Å². The molecular formula is C18H17ClFN3O3. The Morgan fingerprint density at radius 1 is 1.27 bits per heavy atom. The molecule has 0 saturated carbocycles. The molecule has 0 saturated heterocycles. The summed E-state index contributed by atoms with van der Waals surface area (Å²) in [7, 11) is 1.48. The number of nitrogens with one attached hydrogen (secondary N) is 3. The van der Waals surface area contributed by atoms with Crippen molar-refractivity contribution in [1.29, 1.82) is 0 Å². The number of fused-ring (bicyclic) bond motifs is 1. The predicted octanol–water partition coefficient (Wildman–Crippen LogP) is 2.62. The number of hydrogen-bond acceptors (Lipinski definition) is 3. The number of amides is 3. The quantitative estimate of drug-likeness (QED) is 0.662. The first-order valence-electron chi connectivity index (χ1n) is 7.95. The van der Waals surface area contributed by atoms with E-state index >= 15 is 0 Å². The van der Waals surface area contributed by atoms with E-state index in [4.69, 9.17) is 11.6 Å². The second-order valence-corrected chi connectivity index (χ2v) is 6.34. The molecule has 0 spiro atoms. The zero-order valence-electron chi connectivity index (χ0n) is 13.8. The lowest BCUT2D eigenvalue weighted by atomic mass is 10.0. The van der Waals surface area contributed by atoms with Gasteiger partial charge in [0, 0.05) is 24.7 Å². The van der Waals surface area contributed by atoms with Crippen molar-refractivity contribution in [2.75, 3.05) is 12.4 Å². The van der Waals surface area contributed by atoms with E-state index in [1.54, 1.807) is 18.2 Å². The van der Waals surface area contributed by atoms with Crippen LogP contribution >= 0.6 is 11.6 Å². The third-order valence-corrected chi connectivity index (χ3v) is 4.57. The number of urea groups is 1. The summed E-state index contributed by atoms with van der Waals surface area (Å²) in [5.74, 6) is -0.978. The van der Waals surface area contributed by atoms with Crippen LogP contribution in [0.2, 0.25) is 5.02 Å². The van der Waals surface area contributed by atoms with E-state index in [9.17, 15) is 19.1 Å². The van der Waals surface area contributed by atoms with E-state index in [1.807, 2.05) is 0 Å². The lowest BCUT2D eigenvalue weighted by molar-refractivity contribution is 0.102. The lowest BCUT2D eigenvalue weighted by Crippen LogP contribution is -2.39. The Hall–Kier alpha value is -2.64. The molecule has 0 heterocycles. The van der Waals surface area contributed by atoms with Gasteiger partial charge in [-0.15, -0.1) is 0 Å². The van der Waals surface area contributed by atoms with Crippen LogP contribution in [0.5, 0.6) is 0 Å². The standard InChI is InChI=1S/C18H17ClFN3O3/c1-21-18(26)23-16-10-3-2-4-11(12(10)8-15(16)24)17(25)22-9-5-6-14(20)13(19)7-9/h2-7,15-16,24H,8H2,1H3,(H,22,25)(H2,21,23,26). The SMILES string of the molecule is CNC(=O)NC1c2cccc(C(=O)Nc3ccc(F)c(Cl)c3)c2CC1O. The van der Waals surface area contributed by atoms with Crippen molar-refractivity contribution < 1.29 is 19.1 Å². The largest absolute Gasteiger partial charge is 0.390 e. The maximum Gasteiger partial charge on any atom is 0.315 e. The first kappa shape index (κ1) is 18.2. The smallest absolute Gasteiger partial charge is 0.315 e. The molecule has 0 bridgehead atoms. The van der Waals surface area contributed by atoms with Gasteiger partial charge in [-0.05, 0) is 35.4 Å². The van der Waals surface area contributed by atoms with Gasteiger partial charge in [0.2, 0.25) is 0 Å². The van der Waals surface area contributed by atoms with E-state index in [-0.39, 0.29) is 11.4 Å². The van der Waals surface area contributed by atoms with Gasteiger partial charge in [0.25, 0.3) is 5.91 Å². The van der Waals surface area contributed by atoms with Crippen LogP contribution in [-0.4, -0.2) is 30.2 Å². The Bertz CT molecular complexity index is 875. The van der Waals surface area contributed by atoms with Crippen molar-refractivity contribution in [2.45, 2.75) is 18.6 Å². The van der Waals surface area contributed by atoms with Gasteiger partial charge in [-0.3, -0.25) is 4.79 Å². The van der Waals surface area contributed by atoms with Gasteiger partial charge in [-0.25, -0.2) is 9.18 Å². The highest BCUT2D eigenvalue weighted by molar-refractivity contribution is 6.31. The van der Waals surface area contributed by atoms with Gasteiger partial charge in [0.15, 0.2) is 0 Å². The minimum absolute atomic E-state index is 0.0913. The summed E-state index contributed by atoms with van der Waals surface area (Å²) in [4.78, 5) is 24.2. The minimum atomic E-state index is -0.837. The molecule has 8 heteroatoms. The third-order valence-electron chi connectivity index (χ3n) is 4.28. The molecule has 0 fully saturated rings. The van der Waals surface area contributed by atoms with Crippen molar-refractivity contribution in [1.82, 2.24) is 10.6 Å². The van der Waals surface area contributed by atoms with E-state index < -0.39 is 29.9 Å². The molecule has 2 unspecified atom stereocenters. The fourth-order valence-electron chi connectivity index (χ4n) is 3.03. The number of aliphatic hydroxyl groups excluding tert-OH is 1. The van der Waals surface area contributed by atoms with Crippen LogP contribution in [0.25, 0.3) is 0 Å². The Balaban J connectivity index is 1.87. The predicted molar refractivity (Wildman–Crippen MR) is 95.8 cm³/mol. The summed E-state index contributed by atoms with van der Waals surface area (Å²) in [5.41, 5.74) is 2.08. The first-order valence-corrected chi connectivity index (χ1v) is 8.33. The molecule has 1 aliphatic carbocycles. The van der Waals surface area contributed by atoms with Crippen LogP contribution < -0.4 is 16.0 Å². The van der Waals surface area contributed by atoms with Crippen molar-refractivity contribution in [3.63, 3.8) is 0 Å². The van der Waals surface area contributed by atoms with Crippen molar-refractivity contribution in [3.05, 3.63) is 63.9 Å². The highest BCUT2D eigenvalue weighted by atomic mass is 35.5. The maximum atomic E-state index is 13.2. The summed E-state index contributed by atoms with van der Waals surface area (Å²) in [6.07, 6.45) is -0.603. The molecule has 26 heavy (non-hydrogen) atoms. The number of anilines is 1. The zero-order chi connectivity index (χ0) is 18.8. The monoisotopic (exact) mass is 377 g/mol. The molecule has 3 amide bonds. The molecule has 2 aromatic rings. The fourth-order valence-corrected chi connectivity index (χ4v) is 3.21. The number of benzene rings is 2. The molecule has 6 nitrogen and oxygen atoms in total. The second-order valence-electron chi connectivity index (χ2n) is 5.93. The van der Waals surface area contributed by atoms with Gasteiger partial charge in [0.1, 0.15) is 5.82 Å². The number of halogens is 2. The number of aliphatic hydroxyl groups is 1. The molecule has 0 aliphatic heterocycles. The molecule has 2 aromatic carbocycles. The third kappa shape index (κ3) is 3.49. The van der Waals surface area contributed by atoms with Gasteiger partial charge < -0.3 is 21.1 Å². The summed E-state index contributed by atoms with van der Waals surface area (Å²) < 4.78 is 13.2. The Kier molecular flexibility index (Phi) is 5.11. The highest BCUT2D eigenvalue weighted by Crippen LogP contribution is 2.34. The molecular weight excluding hydrogens is 361 g/mol. The first-order chi connectivity index (χ1) is 12.4. The van der Waals surface area contributed by atoms with Crippen LogP contribution in [-0.2, 0) is 6.42 Å². The number of carbonyl (C=O) groups excluding carboxylic acids is 2. The Labute approximate surface area is 154 Å². The molecule has 0 aromatic heterocycles. The van der Waals surface area contributed by atoms with E-state index in [0.717, 1.165) is 0 Å². The van der Waals surface area contributed by atoms with E-state index in [1.165, 1.54) is 25.2 Å². The second kappa shape index (κ2) is 7.31. The van der Waals surface area contributed by atoms with E-state index in [2.05, 4.69) is 16.0 Å². The average Bonchev–Trinajstić information content (AvgIpc) is 2.93. The number of hydrogen-bond donors (Lipinski definition) is 4. The van der Waals surface area contributed by atoms with Gasteiger partial charge in [-0.1, -0.05) is 23.7 Å². The molecule has 0 radical (unpaired) electrons. The topological polar surface area (TPSA) is 90.5 Å². The fraction of sp³-hybridized carbons (Fsp3) is 0.222. The molecule has 2 atom stereocenters. The maximum absolute atomic E-state index is 13.2. The molecule has 4 N–H and O–H groups in total. The summed E-state index contributed by atoms with van der Waals surface area (Å²) in [6, 6.07) is 7.96. The lowest BCUT2D eigenvalue weighted by Gasteiger charge is -2.17. The van der Waals surface area contributed by atoms with Gasteiger partial charge in [-0.2, -0.15) is 0 Å². The van der Waals surface area contributed by atoms with Crippen LogP contribution in [0, 0.1) is 5.82 Å². The average molecular weight is 378 g/mol. The summed E-state index contributed by atoms with van der Waals surface area (Å²) in [5, 5.41) is 18.0. The minimum Gasteiger partial charge on any atom is -0.390 e. The van der Waals surface area contributed by atoms with Gasteiger partial charge in [0.05, 0.1) is 17.2 Å². The highest BCUT2D eigenvalue weighted by Gasteiger charge is 2.34. The Morgan fingerprint density at radius 3 is 2.73 bits per heavy atom. The van der Waals surface area contributed by atoms with Crippen molar-refractivity contribution in [3.8, 4) is 0 Å². The number of carbonyl (C=O) groups is 2. The Morgan fingerprint density at radius 2 is 2.04 bits per heavy atom. The van der Waals surface area contributed by atoms with Crippen LogP contribution in [0.15, 0.2) is 36.4 Å². The van der Waals surface area contributed by atoms with Crippen molar-refractivity contribution in [2.24, 2.45) is 0 Å². The molecule has 136 valence electrons. The molecule has 1 aliphatic rings. The normalized spacial score (nSPS) is 18.2. The molecule has 3 rings (SSSR count). The van der Waals surface area contributed by atoms with Crippen LogP contribution in [0.1, 0.15) is 27.5 Å². The summed E-state index contributed by atoms with van der Waals surface area (Å²) in [6.45, 7) is 0. The van der Waals surface area contributed by atoms with E-state index in [0.29, 0.717) is 22.4 Å². The number of rotatable bonds is 3. The van der Waals surface area contributed by atoms with Crippen molar-refractivity contribution >= 4 is 29.2 Å². The summed E-state index contributed by atoms with van der Waals surface area (Å²) >= 11 is 5.73.